The molecule has 2 heteroatoms. The maximum Gasteiger partial charge on any atom is 0.140 e. The molecule has 1 aliphatic rings. The Morgan fingerprint density at radius 3 is 2.28 bits per heavy atom. The van der Waals surface area contributed by atoms with Gasteiger partial charge in [0.1, 0.15) is 11.6 Å². The molecular formula is C16H14O2. The van der Waals surface area contributed by atoms with Crippen molar-refractivity contribution in [1.82, 2.24) is 0 Å². The number of benzene rings is 2. The van der Waals surface area contributed by atoms with E-state index in [9.17, 15) is 9.59 Å². The summed E-state index contributed by atoms with van der Waals surface area (Å²) in [5.74, 6) is 0.207. The molecule has 0 unspecified atom stereocenters. The Morgan fingerprint density at radius 1 is 0.833 bits per heavy atom. The standard InChI is InChI=1S/C16H14O2/c17-13-8-12(9-14(18)10-13)16-7-3-5-11-4-1-2-6-15(11)16/h1-7,12H,8-10H2. The van der Waals surface area contributed by atoms with Gasteiger partial charge in [-0.2, -0.15) is 0 Å². The molecular weight excluding hydrogens is 224 g/mol. The number of fused-ring (bicyclic) bond motifs is 1. The van der Waals surface area contributed by atoms with Gasteiger partial charge in [0.25, 0.3) is 0 Å². The lowest BCUT2D eigenvalue weighted by Crippen LogP contribution is -2.21. The first-order chi connectivity index (χ1) is 8.74. The number of rotatable bonds is 1. The largest absolute Gasteiger partial charge is 0.299 e. The van der Waals surface area contributed by atoms with E-state index in [0.29, 0.717) is 12.8 Å². The van der Waals surface area contributed by atoms with Gasteiger partial charge in [0.15, 0.2) is 0 Å². The highest BCUT2D eigenvalue weighted by Gasteiger charge is 2.27. The van der Waals surface area contributed by atoms with Crippen LogP contribution in [-0.2, 0) is 9.59 Å². The van der Waals surface area contributed by atoms with Crippen molar-refractivity contribution in [2.45, 2.75) is 25.2 Å². The van der Waals surface area contributed by atoms with Crippen LogP contribution in [0.25, 0.3) is 10.8 Å². The number of hydrogen-bond donors (Lipinski definition) is 0. The van der Waals surface area contributed by atoms with Crippen LogP contribution < -0.4 is 0 Å². The monoisotopic (exact) mass is 238 g/mol. The van der Waals surface area contributed by atoms with E-state index in [1.54, 1.807) is 0 Å². The Bertz CT molecular complexity index is 607. The van der Waals surface area contributed by atoms with Gasteiger partial charge in [0.2, 0.25) is 0 Å². The van der Waals surface area contributed by atoms with E-state index in [-0.39, 0.29) is 23.9 Å². The number of hydrogen-bond acceptors (Lipinski definition) is 2. The Balaban J connectivity index is 2.08. The molecule has 0 heterocycles. The molecule has 0 amide bonds. The first kappa shape index (κ1) is 11.1. The van der Waals surface area contributed by atoms with Gasteiger partial charge in [-0.05, 0) is 22.3 Å². The van der Waals surface area contributed by atoms with Gasteiger partial charge in [-0.3, -0.25) is 9.59 Å². The van der Waals surface area contributed by atoms with Crippen molar-refractivity contribution in [2.24, 2.45) is 0 Å². The zero-order valence-corrected chi connectivity index (χ0v) is 10.1. The topological polar surface area (TPSA) is 34.1 Å². The zero-order chi connectivity index (χ0) is 12.5. The lowest BCUT2D eigenvalue weighted by molar-refractivity contribution is -0.130. The van der Waals surface area contributed by atoms with Crippen LogP contribution in [-0.4, -0.2) is 11.6 Å². The summed E-state index contributed by atoms with van der Waals surface area (Å²) >= 11 is 0. The Labute approximate surface area is 106 Å². The van der Waals surface area contributed by atoms with Crippen LogP contribution in [0.15, 0.2) is 42.5 Å². The molecule has 0 atom stereocenters. The molecule has 0 aliphatic heterocycles. The molecule has 0 aromatic heterocycles. The third-order valence-electron chi connectivity index (χ3n) is 3.61. The zero-order valence-electron chi connectivity index (χ0n) is 10.1. The average molecular weight is 238 g/mol. The van der Waals surface area contributed by atoms with Crippen molar-refractivity contribution in [3.05, 3.63) is 48.0 Å². The second kappa shape index (κ2) is 4.37. The third-order valence-corrected chi connectivity index (χ3v) is 3.61. The predicted molar refractivity (Wildman–Crippen MR) is 70.6 cm³/mol. The Hall–Kier alpha value is -1.96. The van der Waals surface area contributed by atoms with Crippen LogP contribution in [0, 0.1) is 0 Å². The third kappa shape index (κ3) is 1.94. The molecule has 18 heavy (non-hydrogen) atoms. The van der Waals surface area contributed by atoms with Gasteiger partial charge < -0.3 is 0 Å². The molecule has 2 aromatic carbocycles. The molecule has 1 fully saturated rings. The summed E-state index contributed by atoms with van der Waals surface area (Å²) in [7, 11) is 0. The maximum atomic E-state index is 11.6. The summed E-state index contributed by atoms with van der Waals surface area (Å²) in [5.41, 5.74) is 1.13. The van der Waals surface area contributed by atoms with Crippen LogP contribution >= 0.6 is 0 Å². The summed E-state index contributed by atoms with van der Waals surface area (Å²) < 4.78 is 0. The van der Waals surface area contributed by atoms with Crippen LogP contribution in [0.4, 0.5) is 0 Å². The maximum absolute atomic E-state index is 11.6. The van der Waals surface area contributed by atoms with Gasteiger partial charge in [-0.1, -0.05) is 42.5 Å². The second-order valence-electron chi connectivity index (χ2n) is 4.93. The highest BCUT2D eigenvalue weighted by molar-refractivity contribution is 6.02. The fraction of sp³-hybridized carbons (Fsp3) is 0.250. The molecule has 2 aromatic rings. The minimum atomic E-state index is 0.0600. The number of carbonyl (C=O) groups is 2. The predicted octanol–water partition coefficient (Wildman–Crippen LogP) is 3.25. The lowest BCUT2D eigenvalue weighted by Gasteiger charge is -2.21. The van der Waals surface area contributed by atoms with E-state index in [1.165, 1.54) is 5.39 Å². The van der Waals surface area contributed by atoms with Crippen molar-refractivity contribution >= 4 is 22.3 Å². The van der Waals surface area contributed by atoms with Crippen molar-refractivity contribution in [2.75, 3.05) is 0 Å². The van der Waals surface area contributed by atoms with Crippen LogP contribution in [0.5, 0.6) is 0 Å². The van der Waals surface area contributed by atoms with Crippen LogP contribution in [0.2, 0.25) is 0 Å². The summed E-state index contributed by atoms with van der Waals surface area (Å²) in [6.07, 6.45) is 1.13. The lowest BCUT2D eigenvalue weighted by atomic mass is 9.81. The fourth-order valence-electron chi connectivity index (χ4n) is 2.81. The molecule has 2 nitrogen and oxygen atoms in total. The molecule has 0 spiro atoms. The van der Waals surface area contributed by atoms with Gasteiger partial charge in [0, 0.05) is 12.8 Å². The Morgan fingerprint density at radius 2 is 1.50 bits per heavy atom. The van der Waals surface area contributed by atoms with E-state index < -0.39 is 0 Å². The fourth-order valence-corrected chi connectivity index (χ4v) is 2.81. The van der Waals surface area contributed by atoms with E-state index in [4.69, 9.17) is 0 Å². The summed E-state index contributed by atoms with van der Waals surface area (Å²) in [5, 5.41) is 2.33. The van der Waals surface area contributed by atoms with Crippen LogP contribution in [0.3, 0.4) is 0 Å². The molecule has 0 saturated heterocycles. The number of Topliss-reactive ketones (excluding diaryl/α,β-unsaturated/α-hetero) is 2. The van der Waals surface area contributed by atoms with Crippen molar-refractivity contribution < 1.29 is 9.59 Å². The van der Waals surface area contributed by atoms with Gasteiger partial charge in [-0.15, -0.1) is 0 Å². The highest BCUT2D eigenvalue weighted by atomic mass is 16.1. The SMILES string of the molecule is O=C1CC(=O)CC(c2cccc3ccccc23)C1. The summed E-state index contributed by atoms with van der Waals surface area (Å²) in [6, 6.07) is 14.2. The number of carbonyl (C=O) groups excluding carboxylic acids is 2. The highest BCUT2D eigenvalue weighted by Crippen LogP contribution is 2.33. The first-order valence-electron chi connectivity index (χ1n) is 6.25. The van der Waals surface area contributed by atoms with Gasteiger partial charge in [0.05, 0.1) is 6.42 Å². The quantitative estimate of drug-likeness (QED) is 0.715. The Kier molecular flexibility index (Phi) is 2.71. The van der Waals surface area contributed by atoms with Gasteiger partial charge >= 0.3 is 0 Å². The summed E-state index contributed by atoms with van der Waals surface area (Å²) in [4.78, 5) is 23.1. The molecule has 0 bridgehead atoms. The molecule has 90 valence electrons. The second-order valence-corrected chi connectivity index (χ2v) is 4.93. The first-order valence-corrected chi connectivity index (χ1v) is 6.25. The van der Waals surface area contributed by atoms with Crippen molar-refractivity contribution in [3.8, 4) is 0 Å². The molecule has 1 saturated carbocycles. The van der Waals surface area contributed by atoms with E-state index in [2.05, 4.69) is 18.2 Å². The van der Waals surface area contributed by atoms with E-state index >= 15 is 0 Å². The van der Waals surface area contributed by atoms with E-state index in [1.807, 2.05) is 24.3 Å². The minimum Gasteiger partial charge on any atom is -0.299 e. The average Bonchev–Trinajstić information content (AvgIpc) is 2.37. The number of ketones is 2. The molecule has 0 N–H and O–H groups in total. The minimum absolute atomic E-state index is 0.0600. The van der Waals surface area contributed by atoms with Crippen molar-refractivity contribution in [3.63, 3.8) is 0 Å². The van der Waals surface area contributed by atoms with Crippen molar-refractivity contribution in [1.29, 1.82) is 0 Å². The van der Waals surface area contributed by atoms with Gasteiger partial charge in [-0.25, -0.2) is 0 Å². The normalized spacial score (nSPS) is 17.3. The smallest absolute Gasteiger partial charge is 0.140 e. The summed E-state index contributed by atoms with van der Waals surface area (Å²) in [6.45, 7) is 0. The van der Waals surface area contributed by atoms with Crippen LogP contribution in [0.1, 0.15) is 30.7 Å². The molecule has 3 rings (SSSR count). The molecule has 0 radical (unpaired) electrons. The van der Waals surface area contributed by atoms with E-state index in [0.717, 1.165) is 10.9 Å². The molecule has 1 aliphatic carbocycles.